The standard InChI is InChI=1S/C14H13ClN2O3S/c1-9(11-3-2-6-21-11)17-13(18)8-20-14(19)10-4-5-12(15)16-7-10/h2-7,9H,8H2,1H3,(H,17,18)/t9-/m1/s1. The second-order valence-corrected chi connectivity index (χ2v) is 5.62. The van der Waals surface area contributed by atoms with Gasteiger partial charge < -0.3 is 10.1 Å². The molecular formula is C14H13ClN2O3S. The fourth-order valence-electron chi connectivity index (χ4n) is 1.60. The summed E-state index contributed by atoms with van der Waals surface area (Å²) in [5, 5.41) is 4.98. The van der Waals surface area contributed by atoms with Crippen molar-refractivity contribution < 1.29 is 14.3 Å². The summed E-state index contributed by atoms with van der Waals surface area (Å²) in [6.07, 6.45) is 1.30. The zero-order chi connectivity index (χ0) is 15.2. The third kappa shape index (κ3) is 4.54. The Kier molecular flexibility index (Phi) is 5.30. The van der Waals surface area contributed by atoms with Gasteiger partial charge >= 0.3 is 5.97 Å². The quantitative estimate of drug-likeness (QED) is 0.678. The third-order valence-corrected chi connectivity index (χ3v) is 3.92. The first-order valence-corrected chi connectivity index (χ1v) is 7.43. The van der Waals surface area contributed by atoms with Crippen LogP contribution in [0.3, 0.4) is 0 Å². The van der Waals surface area contributed by atoms with Crippen molar-refractivity contribution in [2.24, 2.45) is 0 Å². The second kappa shape index (κ2) is 7.19. The first-order chi connectivity index (χ1) is 10.1. The molecule has 1 amide bonds. The van der Waals surface area contributed by atoms with Gasteiger partial charge in [0.2, 0.25) is 0 Å². The molecule has 0 bridgehead atoms. The second-order valence-electron chi connectivity index (χ2n) is 4.25. The molecule has 110 valence electrons. The lowest BCUT2D eigenvalue weighted by atomic mass is 10.3. The predicted molar refractivity (Wildman–Crippen MR) is 80.4 cm³/mol. The number of carbonyl (C=O) groups excluding carboxylic acids is 2. The number of halogens is 1. The average molecular weight is 325 g/mol. The molecule has 1 N–H and O–H groups in total. The van der Waals surface area contributed by atoms with E-state index in [1.54, 1.807) is 11.3 Å². The van der Waals surface area contributed by atoms with Crippen LogP contribution in [0.25, 0.3) is 0 Å². The first kappa shape index (κ1) is 15.5. The van der Waals surface area contributed by atoms with E-state index in [0.29, 0.717) is 0 Å². The van der Waals surface area contributed by atoms with Gasteiger partial charge in [0.1, 0.15) is 5.15 Å². The van der Waals surface area contributed by atoms with Crippen LogP contribution in [0.15, 0.2) is 35.8 Å². The Hall–Kier alpha value is -1.92. The van der Waals surface area contributed by atoms with Gasteiger partial charge in [0, 0.05) is 11.1 Å². The Morgan fingerprint density at radius 3 is 2.86 bits per heavy atom. The van der Waals surface area contributed by atoms with E-state index in [4.69, 9.17) is 16.3 Å². The van der Waals surface area contributed by atoms with Gasteiger partial charge in [0.05, 0.1) is 11.6 Å². The van der Waals surface area contributed by atoms with Gasteiger partial charge in [-0.05, 0) is 30.5 Å². The summed E-state index contributed by atoms with van der Waals surface area (Å²) < 4.78 is 4.92. The highest BCUT2D eigenvalue weighted by Crippen LogP contribution is 2.17. The number of ether oxygens (including phenoxy) is 1. The summed E-state index contributed by atoms with van der Waals surface area (Å²) in [5.74, 6) is -0.968. The van der Waals surface area contributed by atoms with Crippen molar-refractivity contribution in [3.8, 4) is 0 Å². The zero-order valence-corrected chi connectivity index (χ0v) is 12.8. The van der Waals surface area contributed by atoms with E-state index >= 15 is 0 Å². The molecule has 0 fully saturated rings. The molecular weight excluding hydrogens is 312 g/mol. The highest BCUT2D eigenvalue weighted by atomic mass is 35.5. The molecule has 7 heteroatoms. The summed E-state index contributed by atoms with van der Waals surface area (Å²) in [5.41, 5.74) is 0.249. The topological polar surface area (TPSA) is 68.3 Å². The van der Waals surface area contributed by atoms with Crippen LogP contribution in [-0.2, 0) is 9.53 Å². The van der Waals surface area contributed by atoms with Crippen LogP contribution >= 0.6 is 22.9 Å². The number of nitrogens with zero attached hydrogens (tertiary/aromatic N) is 1. The minimum Gasteiger partial charge on any atom is -0.452 e. The molecule has 0 radical (unpaired) electrons. The number of carbonyl (C=O) groups is 2. The Bertz CT molecular complexity index is 614. The molecule has 2 rings (SSSR count). The molecule has 0 aromatic carbocycles. The maximum Gasteiger partial charge on any atom is 0.340 e. The lowest BCUT2D eigenvalue weighted by Crippen LogP contribution is -2.30. The number of esters is 1. The largest absolute Gasteiger partial charge is 0.452 e. The van der Waals surface area contributed by atoms with Crippen molar-refractivity contribution in [2.75, 3.05) is 6.61 Å². The van der Waals surface area contributed by atoms with Gasteiger partial charge in [0.25, 0.3) is 5.91 Å². The van der Waals surface area contributed by atoms with Crippen molar-refractivity contribution >= 4 is 34.8 Å². The smallest absolute Gasteiger partial charge is 0.340 e. The number of hydrogen-bond acceptors (Lipinski definition) is 5. The molecule has 0 aliphatic heterocycles. The predicted octanol–water partition coefficient (Wildman–Crippen LogP) is 2.83. The molecule has 2 heterocycles. The molecule has 2 aromatic heterocycles. The van der Waals surface area contributed by atoms with E-state index in [-0.39, 0.29) is 29.3 Å². The van der Waals surface area contributed by atoms with E-state index in [2.05, 4.69) is 10.3 Å². The van der Waals surface area contributed by atoms with Crippen LogP contribution in [0.4, 0.5) is 0 Å². The Labute approximate surface area is 130 Å². The van der Waals surface area contributed by atoms with Crippen LogP contribution in [0, 0.1) is 0 Å². The molecule has 0 aliphatic rings. The maximum absolute atomic E-state index is 11.7. The van der Waals surface area contributed by atoms with E-state index in [9.17, 15) is 9.59 Å². The monoisotopic (exact) mass is 324 g/mol. The van der Waals surface area contributed by atoms with Crippen molar-refractivity contribution in [2.45, 2.75) is 13.0 Å². The van der Waals surface area contributed by atoms with Gasteiger partial charge in [-0.2, -0.15) is 0 Å². The maximum atomic E-state index is 11.7. The number of pyridine rings is 1. The van der Waals surface area contributed by atoms with Crippen molar-refractivity contribution in [1.29, 1.82) is 0 Å². The minimum absolute atomic E-state index is 0.117. The van der Waals surface area contributed by atoms with Crippen molar-refractivity contribution in [1.82, 2.24) is 10.3 Å². The van der Waals surface area contributed by atoms with Gasteiger partial charge in [-0.1, -0.05) is 17.7 Å². The highest BCUT2D eigenvalue weighted by Gasteiger charge is 2.13. The zero-order valence-electron chi connectivity index (χ0n) is 11.2. The van der Waals surface area contributed by atoms with Crippen molar-refractivity contribution in [3.05, 3.63) is 51.4 Å². The molecule has 0 saturated carbocycles. The highest BCUT2D eigenvalue weighted by molar-refractivity contribution is 7.10. The summed E-state index contributed by atoms with van der Waals surface area (Å²) in [6, 6.07) is 6.70. The van der Waals surface area contributed by atoms with Crippen LogP contribution in [0.2, 0.25) is 5.15 Å². The molecule has 0 aliphatic carbocycles. The third-order valence-electron chi connectivity index (χ3n) is 2.64. The van der Waals surface area contributed by atoms with Crippen LogP contribution < -0.4 is 5.32 Å². The SMILES string of the molecule is C[C@@H](NC(=O)COC(=O)c1ccc(Cl)nc1)c1cccs1. The number of thiophene rings is 1. The van der Waals surface area contributed by atoms with Crippen LogP contribution in [0.5, 0.6) is 0 Å². The number of hydrogen-bond donors (Lipinski definition) is 1. The van der Waals surface area contributed by atoms with Gasteiger partial charge in [0.15, 0.2) is 6.61 Å². The Morgan fingerprint density at radius 1 is 1.43 bits per heavy atom. The summed E-state index contributed by atoms with van der Waals surface area (Å²) in [7, 11) is 0. The van der Waals surface area contributed by atoms with E-state index in [1.807, 2.05) is 24.4 Å². The van der Waals surface area contributed by atoms with Crippen molar-refractivity contribution in [3.63, 3.8) is 0 Å². The number of rotatable bonds is 5. The number of nitrogens with one attached hydrogen (secondary N) is 1. The molecule has 0 unspecified atom stereocenters. The molecule has 5 nitrogen and oxygen atoms in total. The first-order valence-electron chi connectivity index (χ1n) is 6.17. The average Bonchev–Trinajstić information content (AvgIpc) is 3.00. The minimum atomic E-state index is -0.613. The van der Waals surface area contributed by atoms with E-state index in [0.717, 1.165) is 4.88 Å². The normalized spacial score (nSPS) is 11.7. The molecule has 1 atom stereocenters. The lowest BCUT2D eigenvalue weighted by Gasteiger charge is -2.12. The fourth-order valence-corrected chi connectivity index (χ4v) is 2.45. The number of amides is 1. The van der Waals surface area contributed by atoms with E-state index < -0.39 is 5.97 Å². The summed E-state index contributed by atoms with van der Waals surface area (Å²) in [6.45, 7) is 1.53. The van der Waals surface area contributed by atoms with Gasteiger partial charge in [-0.15, -0.1) is 11.3 Å². The summed E-state index contributed by atoms with van der Waals surface area (Å²) in [4.78, 5) is 28.2. The van der Waals surface area contributed by atoms with Gasteiger partial charge in [-0.25, -0.2) is 9.78 Å². The molecule has 2 aromatic rings. The fraction of sp³-hybridized carbons (Fsp3) is 0.214. The Morgan fingerprint density at radius 2 is 2.24 bits per heavy atom. The number of aromatic nitrogens is 1. The van der Waals surface area contributed by atoms with E-state index in [1.165, 1.54) is 18.3 Å². The van der Waals surface area contributed by atoms with Gasteiger partial charge in [-0.3, -0.25) is 4.79 Å². The van der Waals surface area contributed by atoms with Crippen LogP contribution in [0.1, 0.15) is 28.2 Å². The lowest BCUT2D eigenvalue weighted by molar-refractivity contribution is -0.124. The summed E-state index contributed by atoms with van der Waals surface area (Å²) >= 11 is 7.18. The Balaban J connectivity index is 1.81. The molecule has 21 heavy (non-hydrogen) atoms. The molecule has 0 saturated heterocycles. The molecule has 0 spiro atoms. The van der Waals surface area contributed by atoms with Crippen LogP contribution in [-0.4, -0.2) is 23.5 Å².